The van der Waals surface area contributed by atoms with Crippen LogP contribution in [-0.4, -0.2) is 22.3 Å². The molecule has 38 heavy (non-hydrogen) atoms. The summed E-state index contributed by atoms with van der Waals surface area (Å²) >= 11 is 12.4. The number of nitro groups is 2. The van der Waals surface area contributed by atoms with E-state index in [0.717, 1.165) is 9.79 Å². The van der Waals surface area contributed by atoms with Gasteiger partial charge in [0.1, 0.15) is 0 Å². The van der Waals surface area contributed by atoms with Crippen LogP contribution >= 0.6 is 44.8 Å². The van der Waals surface area contributed by atoms with Gasteiger partial charge in [0.25, 0.3) is 11.4 Å². The Morgan fingerprint density at radius 1 is 0.632 bits per heavy atom. The van der Waals surface area contributed by atoms with Gasteiger partial charge in [0.05, 0.1) is 31.3 Å². The van der Waals surface area contributed by atoms with E-state index in [9.17, 15) is 20.2 Å². The molecule has 0 atom stereocenters. The molecule has 4 aromatic carbocycles. The van der Waals surface area contributed by atoms with Crippen LogP contribution in [0.1, 0.15) is 11.1 Å². The Bertz CT molecular complexity index is 1460. The Hall–Kier alpha value is -3.70. The van der Waals surface area contributed by atoms with Crippen LogP contribution < -0.4 is 0 Å². The average Bonchev–Trinajstić information content (AvgIpc) is 2.91. The van der Waals surface area contributed by atoms with Gasteiger partial charge in [-0.2, -0.15) is 0 Å². The summed E-state index contributed by atoms with van der Waals surface area (Å²) in [6.45, 7) is 0. The highest BCUT2D eigenvalue weighted by atomic mass is 35.5. The standard InChI is InChI=1S/C26H16Cl2N4O4S2/c27-21-13-19(31(33)34)11-9-17(21)15-29-23-5-1-3-7-25(23)37-38-26-8-4-2-6-24(26)30-16-18-10-12-20(32(35)36)14-22(18)28/h1-16H. The zero-order valence-corrected chi connectivity index (χ0v) is 22.4. The van der Waals surface area contributed by atoms with Crippen LogP contribution in [0.25, 0.3) is 0 Å². The van der Waals surface area contributed by atoms with Crippen molar-refractivity contribution in [2.24, 2.45) is 9.98 Å². The molecule has 0 N–H and O–H groups in total. The molecule has 0 aliphatic rings. The van der Waals surface area contributed by atoms with Gasteiger partial charge < -0.3 is 0 Å². The summed E-state index contributed by atoms with van der Waals surface area (Å²) in [5, 5.41) is 22.3. The molecule has 8 nitrogen and oxygen atoms in total. The number of benzene rings is 4. The van der Waals surface area contributed by atoms with E-state index in [4.69, 9.17) is 23.2 Å². The van der Waals surface area contributed by atoms with E-state index in [1.165, 1.54) is 45.9 Å². The van der Waals surface area contributed by atoms with Crippen LogP contribution in [0.2, 0.25) is 10.0 Å². The van der Waals surface area contributed by atoms with Crippen molar-refractivity contribution in [2.75, 3.05) is 0 Å². The molecule has 4 aromatic rings. The van der Waals surface area contributed by atoms with Crippen molar-refractivity contribution in [1.29, 1.82) is 0 Å². The van der Waals surface area contributed by atoms with Gasteiger partial charge in [0.15, 0.2) is 0 Å². The molecule has 0 bridgehead atoms. The van der Waals surface area contributed by atoms with Crippen LogP contribution in [0.15, 0.2) is 105 Å². The lowest BCUT2D eigenvalue weighted by atomic mass is 10.2. The normalized spacial score (nSPS) is 11.3. The number of rotatable bonds is 9. The molecular formula is C26H16Cl2N4O4S2. The van der Waals surface area contributed by atoms with Gasteiger partial charge in [-0.25, -0.2) is 0 Å². The third kappa shape index (κ3) is 6.99. The SMILES string of the molecule is O=[N+]([O-])c1ccc(C=Nc2ccccc2SSc2ccccc2N=Cc2ccc([N+](=O)[O-])cc2Cl)c(Cl)c1. The zero-order valence-electron chi connectivity index (χ0n) is 19.2. The maximum absolute atomic E-state index is 10.9. The first-order valence-corrected chi connectivity index (χ1v) is 13.7. The molecule has 0 saturated heterocycles. The fourth-order valence-electron chi connectivity index (χ4n) is 3.11. The molecule has 0 aliphatic carbocycles. The smallest absolute Gasteiger partial charge is 0.258 e. The minimum Gasteiger partial charge on any atom is -0.258 e. The predicted molar refractivity (Wildman–Crippen MR) is 155 cm³/mol. The minimum atomic E-state index is -0.502. The lowest BCUT2D eigenvalue weighted by molar-refractivity contribution is -0.385. The number of para-hydroxylation sites is 2. The van der Waals surface area contributed by atoms with Gasteiger partial charge in [-0.3, -0.25) is 30.2 Å². The number of non-ortho nitro benzene ring substituents is 2. The van der Waals surface area contributed by atoms with Gasteiger partial charge in [-0.05, 0) is 36.4 Å². The molecule has 12 heteroatoms. The van der Waals surface area contributed by atoms with Crippen LogP contribution in [0.3, 0.4) is 0 Å². The lowest BCUT2D eigenvalue weighted by Crippen LogP contribution is -1.90. The van der Waals surface area contributed by atoms with Crippen molar-refractivity contribution in [1.82, 2.24) is 0 Å². The second kappa shape index (κ2) is 12.7. The van der Waals surface area contributed by atoms with E-state index in [2.05, 4.69) is 9.98 Å². The summed E-state index contributed by atoms with van der Waals surface area (Å²) in [5.41, 5.74) is 2.37. The Kier molecular flexibility index (Phi) is 9.14. The molecule has 0 heterocycles. The van der Waals surface area contributed by atoms with Crippen molar-refractivity contribution in [3.63, 3.8) is 0 Å². The first kappa shape index (κ1) is 27.3. The fourth-order valence-corrected chi connectivity index (χ4v) is 5.80. The van der Waals surface area contributed by atoms with Gasteiger partial charge in [0, 0.05) is 57.6 Å². The summed E-state index contributed by atoms with van der Waals surface area (Å²) in [6, 6.07) is 23.6. The number of hydrogen-bond acceptors (Lipinski definition) is 8. The summed E-state index contributed by atoms with van der Waals surface area (Å²) in [6.07, 6.45) is 3.14. The van der Waals surface area contributed by atoms with Crippen LogP contribution in [-0.2, 0) is 0 Å². The number of aliphatic imine (C=N–C) groups is 2. The molecule has 190 valence electrons. The molecule has 0 saturated carbocycles. The Morgan fingerprint density at radius 2 is 1.03 bits per heavy atom. The molecule has 0 unspecified atom stereocenters. The quantitative estimate of drug-likeness (QED) is 0.0841. The van der Waals surface area contributed by atoms with Gasteiger partial charge in [-0.1, -0.05) is 69.1 Å². The Morgan fingerprint density at radius 3 is 1.39 bits per heavy atom. The molecule has 0 fully saturated rings. The van der Waals surface area contributed by atoms with Gasteiger partial charge in [0.2, 0.25) is 0 Å². The van der Waals surface area contributed by atoms with Crippen molar-refractivity contribution >= 4 is 80.0 Å². The Balaban J connectivity index is 1.51. The maximum atomic E-state index is 10.9. The van der Waals surface area contributed by atoms with E-state index in [-0.39, 0.29) is 21.4 Å². The monoisotopic (exact) mass is 582 g/mol. The highest BCUT2D eigenvalue weighted by Gasteiger charge is 2.11. The first-order chi connectivity index (χ1) is 18.3. The van der Waals surface area contributed by atoms with E-state index < -0.39 is 9.85 Å². The number of nitro benzene ring substituents is 2. The second-order valence-electron chi connectivity index (χ2n) is 7.54. The fraction of sp³-hybridized carbons (Fsp3) is 0. The van der Waals surface area contributed by atoms with Gasteiger partial charge >= 0.3 is 0 Å². The largest absolute Gasteiger partial charge is 0.270 e. The highest BCUT2D eigenvalue weighted by Crippen LogP contribution is 2.44. The maximum Gasteiger partial charge on any atom is 0.270 e. The number of hydrogen-bond donors (Lipinski definition) is 0. The van der Waals surface area contributed by atoms with Crippen molar-refractivity contribution in [2.45, 2.75) is 9.79 Å². The minimum absolute atomic E-state index is 0.0864. The molecule has 4 rings (SSSR count). The van der Waals surface area contributed by atoms with Crippen LogP contribution in [0, 0.1) is 20.2 Å². The number of nitrogens with zero attached hydrogens (tertiary/aromatic N) is 4. The highest BCUT2D eigenvalue weighted by molar-refractivity contribution is 8.76. The van der Waals surface area contributed by atoms with Crippen molar-refractivity contribution < 1.29 is 9.85 Å². The number of halogens is 2. The summed E-state index contributed by atoms with van der Waals surface area (Å²) in [4.78, 5) is 31.7. The molecule has 0 amide bonds. The van der Waals surface area contributed by atoms with Crippen LogP contribution in [0.4, 0.5) is 22.7 Å². The van der Waals surface area contributed by atoms with Crippen LogP contribution in [0.5, 0.6) is 0 Å². The average molecular weight is 583 g/mol. The zero-order chi connectivity index (χ0) is 27.1. The third-order valence-electron chi connectivity index (χ3n) is 5.03. The Labute approximate surface area is 235 Å². The second-order valence-corrected chi connectivity index (χ2v) is 10.6. The molecule has 0 radical (unpaired) electrons. The third-order valence-corrected chi connectivity index (χ3v) is 8.14. The predicted octanol–water partition coefficient (Wildman–Crippen LogP) is 9.11. The van der Waals surface area contributed by atoms with E-state index in [1.807, 2.05) is 48.5 Å². The summed E-state index contributed by atoms with van der Waals surface area (Å²) < 4.78 is 0. The summed E-state index contributed by atoms with van der Waals surface area (Å²) in [5.74, 6) is 0. The van der Waals surface area contributed by atoms with E-state index >= 15 is 0 Å². The topological polar surface area (TPSA) is 111 Å². The molecular weight excluding hydrogens is 567 g/mol. The molecule has 0 spiro atoms. The first-order valence-electron chi connectivity index (χ1n) is 10.8. The summed E-state index contributed by atoms with van der Waals surface area (Å²) in [7, 11) is 2.99. The molecule has 0 aliphatic heterocycles. The lowest BCUT2D eigenvalue weighted by Gasteiger charge is -2.07. The molecule has 0 aromatic heterocycles. The van der Waals surface area contributed by atoms with E-state index in [0.29, 0.717) is 22.5 Å². The van der Waals surface area contributed by atoms with Crippen molar-refractivity contribution in [3.8, 4) is 0 Å². The van der Waals surface area contributed by atoms with Gasteiger partial charge in [-0.15, -0.1) is 0 Å². The van der Waals surface area contributed by atoms with E-state index in [1.54, 1.807) is 24.6 Å². The van der Waals surface area contributed by atoms with Crippen molar-refractivity contribution in [3.05, 3.63) is 126 Å².